The SMILES string of the molecule is O=C([O-])C(Nc1ccccc1)C(=O)Nc1ccccc1. The normalized spacial score (nSPS) is 11.4. The van der Waals surface area contributed by atoms with E-state index in [9.17, 15) is 14.7 Å². The van der Waals surface area contributed by atoms with Crippen LogP contribution in [0.4, 0.5) is 11.4 Å². The van der Waals surface area contributed by atoms with Gasteiger partial charge < -0.3 is 20.5 Å². The summed E-state index contributed by atoms with van der Waals surface area (Å²) in [5, 5.41) is 16.2. The number of anilines is 2. The van der Waals surface area contributed by atoms with Crippen LogP contribution in [0.15, 0.2) is 60.7 Å². The van der Waals surface area contributed by atoms with Crippen LogP contribution in [-0.2, 0) is 9.59 Å². The van der Waals surface area contributed by atoms with E-state index in [2.05, 4.69) is 10.6 Å². The van der Waals surface area contributed by atoms with E-state index in [0.717, 1.165) is 0 Å². The average Bonchev–Trinajstić information content (AvgIpc) is 2.46. The largest absolute Gasteiger partial charge is 0.547 e. The first-order valence-electron chi connectivity index (χ1n) is 6.05. The molecule has 5 nitrogen and oxygen atoms in total. The summed E-state index contributed by atoms with van der Waals surface area (Å²) < 4.78 is 0. The van der Waals surface area contributed by atoms with Crippen molar-refractivity contribution in [3.05, 3.63) is 60.7 Å². The van der Waals surface area contributed by atoms with E-state index in [1.807, 2.05) is 0 Å². The van der Waals surface area contributed by atoms with Gasteiger partial charge in [-0.15, -0.1) is 0 Å². The molecule has 1 unspecified atom stereocenters. The predicted octanol–water partition coefficient (Wildman–Crippen LogP) is 0.856. The minimum atomic E-state index is -1.48. The van der Waals surface area contributed by atoms with Crippen molar-refractivity contribution in [1.29, 1.82) is 0 Å². The molecular weight excluding hydrogens is 256 g/mol. The van der Waals surface area contributed by atoms with Gasteiger partial charge in [0, 0.05) is 11.4 Å². The highest BCUT2D eigenvalue weighted by atomic mass is 16.4. The number of hydrogen-bond donors (Lipinski definition) is 2. The van der Waals surface area contributed by atoms with E-state index in [1.54, 1.807) is 60.7 Å². The highest BCUT2D eigenvalue weighted by Crippen LogP contribution is 2.10. The summed E-state index contributed by atoms with van der Waals surface area (Å²) in [7, 11) is 0. The third-order valence-electron chi connectivity index (χ3n) is 2.62. The first kappa shape index (κ1) is 13.6. The minimum absolute atomic E-state index is 0.526. The van der Waals surface area contributed by atoms with E-state index in [-0.39, 0.29) is 0 Å². The molecule has 0 radical (unpaired) electrons. The standard InChI is InChI=1S/C15H14N2O3/c18-14(17-12-9-5-2-6-10-12)13(15(19)20)16-11-7-3-1-4-8-11/h1-10,13,16H,(H,17,18)(H,19,20)/p-1. The number of para-hydroxylation sites is 2. The van der Waals surface area contributed by atoms with Crippen LogP contribution in [0.3, 0.4) is 0 Å². The number of aliphatic carboxylic acids is 1. The van der Waals surface area contributed by atoms with Gasteiger partial charge in [-0.3, -0.25) is 4.79 Å². The lowest BCUT2D eigenvalue weighted by atomic mass is 10.2. The Balaban J connectivity index is 2.09. The Morgan fingerprint density at radius 1 is 0.850 bits per heavy atom. The first-order chi connectivity index (χ1) is 9.66. The molecule has 2 aromatic rings. The van der Waals surface area contributed by atoms with Crippen molar-refractivity contribution >= 4 is 23.3 Å². The molecule has 0 spiro atoms. The number of amides is 1. The van der Waals surface area contributed by atoms with Crippen molar-refractivity contribution in [2.75, 3.05) is 10.6 Å². The van der Waals surface area contributed by atoms with Crippen LogP contribution in [0.5, 0.6) is 0 Å². The second kappa shape index (κ2) is 6.38. The van der Waals surface area contributed by atoms with Gasteiger partial charge in [0.25, 0.3) is 5.91 Å². The molecule has 102 valence electrons. The van der Waals surface area contributed by atoms with Crippen molar-refractivity contribution in [2.24, 2.45) is 0 Å². The van der Waals surface area contributed by atoms with Gasteiger partial charge in [0.2, 0.25) is 0 Å². The van der Waals surface area contributed by atoms with Crippen LogP contribution in [0.2, 0.25) is 0 Å². The van der Waals surface area contributed by atoms with Gasteiger partial charge >= 0.3 is 0 Å². The van der Waals surface area contributed by atoms with Gasteiger partial charge in [0.05, 0.1) is 5.97 Å². The third kappa shape index (κ3) is 3.58. The lowest BCUT2D eigenvalue weighted by Crippen LogP contribution is -2.48. The van der Waals surface area contributed by atoms with Gasteiger partial charge in [-0.1, -0.05) is 36.4 Å². The fourth-order valence-electron chi connectivity index (χ4n) is 1.67. The molecule has 0 fully saturated rings. The van der Waals surface area contributed by atoms with Gasteiger partial charge in [-0.2, -0.15) is 0 Å². The fraction of sp³-hybridized carbons (Fsp3) is 0.0667. The molecule has 0 aliphatic carbocycles. The molecule has 2 rings (SSSR count). The molecule has 2 aromatic carbocycles. The number of hydrogen-bond acceptors (Lipinski definition) is 4. The molecule has 2 N–H and O–H groups in total. The van der Waals surface area contributed by atoms with Crippen LogP contribution in [-0.4, -0.2) is 17.9 Å². The van der Waals surface area contributed by atoms with Crippen molar-refractivity contribution in [3.63, 3.8) is 0 Å². The zero-order valence-corrected chi connectivity index (χ0v) is 10.6. The molecule has 1 amide bonds. The number of carboxylic acids is 1. The lowest BCUT2D eigenvalue weighted by molar-refractivity contribution is -0.305. The first-order valence-corrected chi connectivity index (χ1v) is 6.05. The number of carboxylic acid groups (broad SMARTS) is 1. The van der Waals surface area contributed by atoms with E-state index >= 15 is 0 Å². The summed E-state index contributed by atoms with van der Waals surface area (Å²) >= 11 is 0. The summed E-state index contributed by atoms with van der Waals surface area (Å²) in [6.45, 7) is 0. The Kier molecular flexibility index (Phi) is 4.34. The van der Waals surface area contributed by atoms with Crippen LogP contribution < -0.4 is 15.7 Å². The van der Waals surface area contributed by atoms with Crippen LogP contribution >= 0.6 is 0 Å². The Morgan fingerprint density at radius 3 is 1.85 bits per heavy atom. The second-order valence-electron chi connectivity index (χ2n) is 4.12. The number of nitrogens with one attached hydrogen (secondary N) is 2. The maximum atomic E-state index is 12.0. The molecule has 0 aliphatic rings. The Morgan fingerprint density at radius 2 is 1.35 bits per heavy atom. The summed E-state index contributed by atoms with van der Waals surface area (Å²) in [5.74, 6) is -2.16. The fourth-order valence-corrected chi connectivity index (χ4v) is 1.67. The van der Waals surface area contributed by atoms with E-state index in [0.29, 0.717) is 11.4 Å². The summed E-state index contributed by atoms with van der Waals surface area (Å²) in [5.41, 5.74) is 1.06. The van der Waals surface area contributed by atoms with Crippen molar-refractivity contribution in [1.82, 2.24) is 0 Å². The number of rotatable bonds is 5. The monoisotopic (exact) mass is 269 g/mol. The van der Waals surface area contributed by atoms with E-state index < -0.39 is 17.9 Å². The van der Waals surface area contributed by atoms with Gasteiger partial charge in [-0.25, -0.2) is 0 Å². The quantitative estimate of drug-likeness (QED) is 0.789. The summed E-state index contributed by atoms with van der Waals surface area (Å²) in [4.78, 5) is 23.1. The highest BCUT2D eigenvalue weighted by Gasteiger charge is 2.19. The maximum absolute atomic E-state index is 12.0. The molecule has 0 heterocycles. The van der Waals surface area contributed by atoms with E-state index in [1.165, 1.54) is 0 Å². The van der Waals surface area contributed by atoms with Crippen molar-refractivity contribution in [2.45, 2.75) is 6.04 Å². The number of benzene rings is 2. The number of carbonyl (C=O) groups is 2. The van der Waals surface area contributed by atoms with Crippen LogP contribution in [0.1, 0.15) is 0 Å². The topological polar surface area (TPSA) is 81.3 Å². The molecular formula is C15H13N2O3-. The molecule has 0 aliphatic heterocycles. The Bertz CT molecular complexity index is 585. The highest BCUT2D eigenvalue weighted by molar-refractivity contribution is 6.09. The molecule has 0 saturated carbocycles. The predicted molar refractivity (Wildman–Crippen MR) is 73.9 cm³/mol. The Labute approximate surface area is 116 Å². The van der Waals surface area contributed by atoms with Crippen molar-refractivity contribution < 1.29 is 14.7 Å². The Hall–Kier alpha value is -2.82. The molecule has 1 atom stereocenters. The summed E-state index contributed by atoms with van der Waals surface area (Å²) in [6.07, 6.45) is 0. The van der Waals surface area contributed by atoms with Crippen molar-refractivity contribution in [3.8, 4) is 0 Å². The minimum Gasteiger partial charge on any atom is -0.547 e. The molecule has 0 aromatic heterocycles. The molecule has 5 heteroatoms. The zero-order valence-electron chi connectivity index (χ0n) is 10.6. The van der Waals surface area contributed by atoms with Gasteiger partial charge in [-0.05, 0) is 24.3 Å². The van der Waals surface area contributed by atoms with Crippen LogP contribution in [0, 0.1) is 0 Å². The smallest absolute Gasteiger partial charge is 0.252 e. The zero-order chi connectivity index (χ0) is 14.4. The van der Waals surface area contributed by atoms with Crippen LogP contribution in [0.25, 0.3) is 0 Å². The van der Waals surface area contributed by atoms with Gasteiger partial charge in [0.15, 0.2) is 0 Å². The number of carbonyl (C=O) groups excluding carboxylic acids is 2. The lowest BCUT2D eigenvalue weighted by Gasteiger charge is -2.20. The summed E-state index contributed by atoms with van der Waals surface area (Å²) in [6, 6.07) is 15.8. The molecule has 0 saturated heterocycles. The average molecular weight is 269 g/mol. The molecule has 0 bridgehead atoms. The molecule has 20 heavy (non-hydrogen) atoms. The maximum Gasteiger partial charge on any atom is 0.252 e. The second-order valence-corrected chi connectivity index (χ2v) is 4.12. The van der Waals surface area contributed by atoms with E-state index in [4.69, 9.17) is 0 Å². The van der Waals surface area contributed by atoms with Gasteiger partial charge in [0.1, 0.15) is 6.04 Å². The third-order valence-corrected chi connectivity index (χ3v) is 2.62.